The summed E-state index contributed by atoms with van der Waals surface area (Å²) >= 11 is 1.26. The van der Waals surface area contributed by atoms with Crippen LogP contribution in [-0.4, -0.2) is 44.1 Å². The fourth-order valence-corrected chi connectivity index (χ4v) is 2.97. The molecule has 0 aliphatic carbocycles. The van der Waals surface area contributed by atoms with Crippen molar-refractivity contribution < 1.29 is 14.5 Å². The molecule has 1 unspecified atom stereocenters. The van der Waals surface area contributed by atoms with Gasteiger partial charge in [0.1, 0.15) is 12.2 Å². The number of nitrogens with zero attached hydrogens (tertiary/aromatic N) is 4. The molecule has 1 fully saturated rings. The third kappa shape index (κ3) is 2.13. The Morgan fingerprint density at radius 1 is 1.52 bits per heavy atom. The van der Waals surface area contributed by atoms with E-state index in [2.05, 4.69) is 10.3 Å². The molecule has 1 N–H and O–H groups in total. The van der Waals surface area contributed by atoms with E-state index < -0.39 is 16.9 Å². The van der Waals surface area contributed by atoms with Gasteiger partial charge in [0.15, 0.2) is 0 Å². The van der Waals surface area contributed by atoms with Crippen LogP contribution in [0.5, 0.6) is 0 Å². The molecule has 1 saturated heterocycles. The summed E-state index contributed by atoms with van der Waals surface area (Å²) in [5.74, 6) is -0.818. The molecule has 0 saturated carbocycles. The lowest BCUT2D eigenvalue weighted by atomic mass is 10.0. The number of nitrogens with one attached hydrogen (secondary N) is 1. The summed E-state index contributed by atoms with van der Waals surface area (Å²) in [6, 6.07) is -0.684. The number of amides is 2. The molecular formula is C11H11N5O4S. The fraction of sp³-hybridized carbons (Fsp3) is 0.364. The first-order valence-corrected chi connectivity index (χ1v) is 7.04. The van der Waals surface area contributed by atoms with E-state index in [1.54, 1.807) is 11.6 Å². The van der Waals surface area contributed by atoms with Gasteiger partial charge in [-0.3, -0.25) is 14.5 Å². The highest BCUT2D eigenvalue weighted by Crippen LogP contribution is 2.29. The molecule has 3 rings (SSSR count). The molecule has 3 heterocycles. The Morgan fingerprint density at radius 2 is 2.29 bits per heavy atom. The number of carbonyl (C=O) groups is 2. The molecule has 0 aromatic carbocycles. The third-order valence-electron chi connectivity index (χ3n) is 3.37. The molecule has 9 nitrogen and oxygen atoms in total. The number of likely N-dealkylation sites (tertiary alicyclic amines) is 1. The van der Waals surface area contributed by atoms with E-state index in [9.17, 15) is 19.7 Å². The zero-order valence-electron chi connectivity index (χ0n) is 11.0. The zero-order chi connectivity index (χ0) is 15.1. The number of imidazole rings is 1. The van der Waals surface area contributed by atoms with Crippen molar-refractivity contribution in [3.8, 4) is 0 Å². The van der Waals surface area contributed by atoms with Gasteiger partial charge in [0.05, 0.1) is 0 Å². The summed E-state index contributed by atoms with van der Waals surface area (Å²) in [6.07, 6.45) is 2.06. The van der Waals surface area contributed by atoms with Gasteiger partial charge in [-0.25, -0.2) is 0 Å². The van der Waals surface area contributed by atoms with Gasteiger partial charge in [0.25, 0.3) is 10.9 Å². The van der Waals surface area contributed by atoms with E-state index in [1.165, 1.54) is 22.8 Å². The molecule has 2 amide bonds. The summed E-state index contributed by atoms with van der Waals surface area (Å²) in [5.41, 5.74) is 0. The Morgan fingerprint density at radius 3 is 3.00 bits per heavy atom. The number of fused-ring (bicyclic) bond motifs is 1. The predicted octanol–water partition coefficient (Wildman–Crippen LogP) is 0.863. The summed E-state index contributed by atoms with van der Waals surface area (Å²) < 4.78 is 1.36. The molecule has 1 aliphatic heterocycles. The smallest absolute Gasteiger partial charge is 0.358 e. The number of nitro groups is 1. The molecule has 2 aromatic rings. The van der Waals surface area contributed by atoms with E-state index in [4.69, 9.17) is 0 Å². The van der Waals surface area contributed by atoms with Gasteiger partial charge in [-0.05, 0) is 11.3 Å². The van der Waals surface area contributed by atoms with Crippen LogP contribution in [0.4, 0.5) is 11.6 Å². The Balaban J connectivity index is 1.93. The first-order chi connectivity index (χ1) is 9.99. The number of hydrogen-bond acceptors (Lipinski definition) is 7. The van der Waals surface area contributed by atoms with Crippen molar-refractivity contribution in [1.82, 2.24) is 14.3 Å². The van der Waals surface area contributed by atoms with Crippen LogP contribution in [0.1, 0.15) is 12.8 Å². The van der Waals surface area contributed by atoms with Gasteiger partial charge in [-0.15, -0.1) is 0 Å². The summed E-state index contributed by atoms with van der Waals surface area (Å²) in [4.78, 5) is 39.7. The zero-order valence-corrected chi connectivity index (χ0v) is 11.8. The molecule has 10 heteroatoms. The number of rotatable bonds is 3. The number of anilines is 1. The quantitative estimate of drug-likeness (QED) is 0.511. The first-order valence-electron chi connectivity index (χ1n) is 6.16. The highest BCUT2D eigenvalue weighted by molar-refractivity contribution is 7.15. The van der Waals surface area contributed by atoms with Gasteiger partial charge in [0.2, 0.25) is 11.7 Å². The minimum atomic E-state index is -0.684. The highest BCUT2D eigenvalue weighted by Gasteiger charge is 2.34. The van der Waals surface area contributed by atoms with Crippen LogP contribution in [0.25, 0.3) is 4.96 Å². The lowest BCUT2D eigenvalue weighted by Gasteiger charge is -2.27. The van der Waals surface area contributed by atoms with Crippen LogP contribution in [0, 0.1) is 10.1 Å². The number of aromatic nitrogens is 2. The largest absolute Gasteiger partial charge is 0.372 e. The number of thiazole rings is 1. The maximum absolute atomic E-state index is 12.0. The standard InChI is InChI=1S/C11H11N5O4S/c1-14-7(17)3-2-6(10(14)18)12-8-9(16(19)20)15-4-5-21-11(15)13-8/h4-6,12H,2-3H2,1H3. The molecule has 0 bridgehead atoms. The molecule has 1 atom stereocenters. The average molecular weight is 309 g/mol. The normalized spacial score (nSPS) is 19.3. The van der Waals surface area contributed by atoms with Crippen molar-refractivity contribution in [2.45, 2.75) is 18.9 Å². The minimum Gasteiger partial charge on any atom is -0.358 e. The monoisotopic (exact) mass is 309 g/mol. The van der Waals surface area contributed by atoms with E-state index in [0.29, 0.717) is 11.4 Å². The van der Waals surface area contributed by atoms with Crippen LogP contribution in [-0.2, 0) is 9.59 Å². The van der Waals surface area contributed by atoms with E-state index in [-0.39, 0.29) is 24.0 Å². The van der Waals surface area contributed by atoms with Crippen molar-refractivity contribution in [1.29, 1.82) is 0 Å². The van der Waals surface area contributed by atoms with Crippen molar-refractivity contribution in [2.24, 2.45) is 0 Å². The number of imide groups is 1. The van der Waals surface area contributed by atoms with Crippen molar-refractivity contribution in [2.75, 3.05) is 12.4 Å². The molecular weight excluding hydrogens is 298 g/mol. The lowest BCUT2D eigenvalue weighted by Crippen LogP contribution is -2.48. The van der Waals surface area contributed by atoms with Crippen LogP contribution in [0.2, 0.25) is 0 Å². The van der Waals surface area contributed by atoms with E-state index >= 15 is 0 Å². The van der Waals surface area contributed by atoms with Crippen LogP contribution in [0.3, 0.4) is 0 Å². The second kappa shape index (κ2) is 4.81. The third-order valence-corrected chi connectivity index (χ3v) is 4.13. The van der Waals surface area contributed by atoms with Gasteiger partial charge in [-0.1, -0.05) is 11.3 Å². The van der Waals surface area contributed by atoms with Crippen LogP contribution < -0.4 is 5.32 Å². The highest BCUT2D eigenvalue weighted by atomic mass is 32.1. The predicted molar refractivity (Wildman–Crippen MR) is 74.1 cm³/mol. The Bertz CT molecular complexity index is 751. The van der Waals surface area contributed by atoms with E-state index in [0.717, 1.165) is 4.90 Å². The van der Waals surface area contributed by atoms with Crippen molar-refractivity contribution in [3.05, 3.63) is 21.7 Å². The number of likely N-dealkylation sites (N-methyl/N-ethyl adjacent to an activating group) is 1. The topological polar surface area (TPSA) is 110 Å². The SMILES string of the molecule is CN1C(=O)CCC(Nc2nc3sccn3c2[N+](=O)[O-])C1=O. The van der Waals surface area contributed by atoms with Crippen LogP contribution in [0.15, 0.2) is 11.6 Å². The van der Waals surface area contributed by atoms with Crippen molar-refractivity contribution >= 4 is 39.7 Å². The molecule has 110 valence electrons. The lowest BCUT2D eigenvalue weighted by molar-refractivity contribution is -0.389. The Labute approximate surface area is 122 Å². The second-order valence-corrected chi connectivity index (χ2v) is 5.50. The minimum absolute atomic E-state index is 0.0490. The summed E-state index contributed by atoms with van der Waals surface area (Å²) in [7, 11) is 1.40. The summed E-state index contributed by atoms with van der Waals surface area (Å²) in [6.45, 7) is 0. The Kier molecular flexibility index (Phi) is 3.09. The molecule has 2 aromatic heterocycles. The van der Waals surface area contributed by atoms with Gasteiger partial charge in [0, 0.05) is 18.8 Å². The molecule has 0 radical (unpaired) electrons. The van der Waals surface area contributed by atoms with E-state index in [1.807, 2.05) is 0 Å². The molecule has 21 heavy (non-hydrogen) atoms. The molecule has 0 spiro atoms. The van der Waals surface area contributed by atoms with Crippen molar-refractivity contribution in [3.63, 3.8) is 0 Å². The number of piperidine rings is 1. The average Bonchev–Trinajstić information content (AvgIpc) is 2.99. The summed E-state index contributed by atoms with van der Waals surface area (Å²) in [5, 5.41) is 15.7. The maximum atomic E-state index is 12.0. The number of carbonyl (C=O) groups excluding carboxylic acids is 2. The van der Waals surface area contributed by atoms with Gasteiger partial charge < -0.3 is 15.4 Å². The Hall–Kier alpha value is -2.49. The first kappa shape index (κ1) is 13.5. The number of hydrogen-bond donors (Lipinski definition) is 1. The second-order valence-electron chi connectivity index (χ2n) is 4.62. The van der Waals surface area contributed by atoms with Gasteiger partial charge >= 0.3 is 5.82 Å². The van der Waals surface area contributed by atoms with Gasteiger partial charge in [-0.2, -0.15) is 9.38 Å². The fourth-order valence-electron chi connectivity index (χ4n) is 2.26. The van der Waals surface area contributed by atoms with Crippen LogP contribution >= 0.6 is 11.3 Å². The maximum Gasteiger partial charge on any atom is 0.372 e. The molecule has 1 aliphatic rings.